The third kappa shape index (κ3) is 5.29. The van der Waals surface area contributed by atoms with Gasteiger partial charge in [-0.15, -0.1) is 24.0 Å². The number of anilines is 1. The zero-order valence-corrected chi connectivity index (χ0v) is 19.8. The quantitative estimate of drug-likeness (QED) is 0.370. The molecule has 3 aliphatic heterocycles. The monoisotopic (exact) mass is 515 g/mol. The molecule has 0 bridgehead atoms. The van der Waals surface area contributed by atoms with Gasteiger partial charge in [-0.05, 0) is 44.8 Å². The van der Waals surface area contributed by atoms with Gasteiger partial charge in [-0.25, -0.2) is 9.97 Å². The van der Waals surface area contributed by atoms with Gasteiger partial charge in [0.15, 0.2) is 5.96 Å². The Hall–Kier alpha value is -1.20. The summed E-state index contributed by atoms with van der Waals surface area (Å²) in [6, 6.07) is 1.86. The molecule has 1 N–H and O–H groups in total. The van der Waals surface area contributed by atoms with Crippen LogP contribution in [0.3, 0.4) is 0 Å². The van der Waals surface area contributed by atoms with Crippen LogP contribution in [0.4, 0.5) is 5.95 Å². The summed E-state index contributed by atoms with van der Waals surface area (Å²) in [5.74, 6) is 1.83. The van der Waals surface area contributed by atoms with Gasteiger partial charge >= 0.3 is 0 Å². The molecule has 1 aromatic rings. The number of halogens is 1. The Morgan fingerprint density at radius 3 is 2.34 bits per heavy atom. The number of likely N-dealkylation sites (tertiary alicyclic amines) is 1. The van der Waals surface area contributed by atoms with Gasteiger partial charge in [0.05, 0.1) is 0 Å². The molecule has 8 nitrogen and oxygen atoms in total. The zero-order valence-electron chi connectivity index (χ0n) is 17.4. The molecule has 3 aliphatic rings. The maximum atomic E-state index is 5.68. The number of nitrogens with zero attached hydrogens (tertiary/aromatic N) is 6. The van der Waals surface area contributed by atoms with E-state index in [2.05, 4.69) is 35.0 Å². The summed E-state index contributed by atoms with van der Waals surface area (Å²) >= 11 is 0. The highest BCUT2D eigenvalue weighted by Crippen LogP contribution is 2.30. The third-order valence-corrected chi connectivity index (χ3v) is 6.40. The van der Waals surface area contributed by atoms with Gasteiger partial charge in [0.1, 0.15) is 0 Å². The van der Waals surface area contributed by atoms with Crippen molar-refractivity contribution in [2.24, 2.45) is 4.99 Å². The first-order valence-electron chi connectivity index (χ1n) is 10.6. The Bertz CT molecular complexity index is 639. The second-order valence-corrected chi connectivity index (χ2v) is 7.95. The maximum absolute atomic E-state index is 5.68. The van der Waals surface area contributed by atoms with E-state index in [9.17, 15) is 0 Å². The first kappa shape index (κ1) is 22.5. The van der Waals surface area contributed by atoms with Crippen LogP contribution in [0.5, 0.6) is 0 Å². The molecule has 4 heterocycles. The lowest BCUT2D eigenvalue weighted by Gasteiger charge is -2.45. The lowest BCUT2D eigenvalue weighted by molar-refractivity contribution is -0.0166. The molecule has 3 saturated heterocycles. The van der Waals surface area contributed by atoms with E-state index >= 15 is 0 Å². The van der Waals surface area contributed by atoms with Gasteiger partial charge in [-0.3, -0.25) is 9.89 Å². The molecular formula is C20H34IN7O. The molecule has 1 aromatic heterocycles. The van der Waals surface area contributed by atoms with Crippen molar-refractivity contribution in [2.75, 3.05) is 71.0 Å². The number of nitrogens with one attached hydrogen (secondary N) is 1. The lowest BCUT2D eigenvalue weighted by atomic mass is 9.88. The van der Waals surface area contributed by atoms with E-state index in [1.54, 1.807) is 12.4 Å². The van der Waals surface area contributed by atoms with E-state index in [0.29, 0.717) is 0 Å². The number of guanidine groups is 1. The summed E-state index contributed by atoms with van der Waals surface area (Å²) in [5.41, 5.74) is 0.213. The number of piperazine rings is 1. The fourth-order valence-electron chi connectivity index (χ4n) is 4.70. The van der Waals surface area contributed by atoms with Crippen LogP contribution >= 0.6 is 24.0 Å². The van der Waals surface area contributed by atoms with E-state index in [4.69, 9.17) is 4.74 Å². The van der Waals surface area contributed by atoms with Crippen molar-refractivity contribution >= 4 is 35.9 Å². The minimum Gasteiger partial charge on any atom is -0.381 e. The van der Waals surface area contributed by atoms with E-state index in [1.165, 1.54) is 25.9 Å². The van der Waals surface area contributed by atoms with E-state index in [-0.39, 0.29) is 29.5 Å². The largest absolute Gasteiger partial charge is 0.381 e. The fraction of sp³-hybridized carbons (Fsp3) is 0.750. The average Bonchev–Trinajstić information content (AvgIpc) is 3.32. The van der Waals surface area contributed by atoms with Crippen LogP contribution in [0.2, 0.25) is 0 Å². The smallest absolute Gasteiger partial charge is 0.225 e. The highest BCUT2D eigenvalue weighted by atomic mass is 127. The number of aromatic nitrogens is 2. The number of hydrogen-bond donors (Lipinski definition) is 1. The molecule has 162 valence electrons. The summed E-state index contributed by atoms with van der Waals surface area (Å²) in [4.78, 5) is 20.6. The molecule has 29 heavy (non-hydrogen) atoms. The molecule has 0 unspecified atom stereocenters. The molecule has 0 amide bonds. The summed E-state index contributed by atoms with van der Waals surface area (Å²) in [6.07, 6.45) is 8.47. The second-order valence-electron chi connectivity index (χ2n) is 7.95. The molecule has 9 heteroatoms. The normalized spacial score (nSPS) is 23.0. The standard InChI is InChI=1S/C20H33N7O.HI/c1-21-18(25-11-13-26(14-12-25)19-22-7-4-8-23-19)24-17-20(5-15-28-16-6-20)27-9-2-3-10-27;/h4,7-8H,2-3,5-6,9-17H2,1H3,(H,21,24);1H. The van der Waals surface area contributed by atoms with Crippen LogP contribution in [0.25, 0.3) is 0 Å². The van der Waals surface area contributed by atoms with Gasteiger partial charge in [0, 0.05) is 70.9 Å². The van der Waals surface area contributed by atoms with Crippen LogP contribution in [-0.4, -0.2) is 97.3 Å². The Labute approximate surface area is 191 Å². The van der Waals surface area contributed by atoms with Gasteiger partial charge in [0.25, 0.3) is 0 Å². The van der Waals surface area contributed by atoms with Crippen LogP contribution in [-0.2, 0) is 4.74 Å². The SMILES string of the molecule is CN=C(NCC1(N2CCCC2)CCOCC1)N1CCN(c2ncccn2)CC1.I. The molecule has 3 fully saturated rings. The number of aliphatic imine (C=N–C) groups is 1. The highest BCUT2D eigenvalue weighted by molar-refractivity contribution is 14.0. The molecule has 0 radical (unpaired) electrons. The predicted octanol–water partition coefficient (Wildman–Crippen LogP) is 1.44. The van der Waals surface area contributed by atoms with Crippen molar-refractivity contribution in [3.05, 3.63) is 18.5 Å². The fourth-order valence-corrected chi connectivity index (χ4v) is 4.70. The molecular weight excluding hydrogens is 481 g/mol. The minimum absolute atomic E-state index is 0. The first-order chi connectivity index (χ1) is 13.8. The van der Waals surface area contributed by atoms with Gasteiger partial charge < -0.3 is 19.9 Å². The van der Waals surface area contributed by atoms with Crippen LogP contribution in [0.15, 0.2) is 23.5 Å². The van der Waals surface area contributed by atoms with Crippen molar-refractivity contribution in [2.45, 2.75) is 31.2 Å². The zero-order chi connectivity index (χ0) is 19.2. The van der Waals surface area contributed by atoms with Gasteiger partial charge in [-0.2, -0.15) is 0 Å². The van der Waals surface area contributed by atoms with Crippen LogP contribution in [0, 0.1) is 0 Å². The van der Waals surface area contributed by atoms with Crippen LogP contribution in [0.1, 0.15) is 25.7 Å². The maximum Gasteiger partial charge on any atom is 0.225 e. The Balaban J connectivity index is 0.00000240. The minimum atomic E-state index is 0. The summed E-state index contributed by atoms with van der Waals surface area (Å²) < 4.78 is 5.68. The van der Waals surface area contributed by atoms with E-state index in [0.717, 1.165) is 70.7 Å². The molecule has 0 atom stereocenters. The van der Waals surface area contributed by atoms with Gasteiger partial charge in [0.2, 0.25) is 5.95 Å². The van der Waals surface area contributed by atoms with Crippen molar-refractivity contribution in [3.63, 3.8) is 0 Å². The second kappa shape index (κ2) is 10.7. The molecule has 0 aromatic carbocycles. The number of hydrogen-bond acceptors (Lipinski definition) is 6. The van der Waals surface area contributed by atoms with E-state index in [1.807, 2.05) is 13.1 Å². The topological polar surface area (TPSA) is 69.1 Å². The van der Waals surface area contributed by atoms with Crippen molar-refractivity contribution in [3.8, 4) is 0 Å². The Kier molecular flexibility index (Phi) is 8.31. The van der Waals surface area contributed by atoms with E-state index < -0.39 is 0 Å². The van der Waals surface area contributed by atoms with Crippen molar-refractivity contribution in [1.29, 1.82) is 0 Å². The average molecular weight is 515 g/mol. The van der Waals surface area contributed by atoms with Crippen molar-refractivity contribution < 1.29 is 4.74 Å². The van der Waals surface area contributed by atoms with Gasteiger partial charge in [-0.1, -0.05) is 0 Å². The predicted molar refractivity (Wildman–Crippen MR) is 126 cm³/mol. The lowest BCUT2D eigenvalue weighted by Crippen LogP contribution is -2.60. The number of rotatable bonds is 4. The Morgan fingerprint density at radius 2 is 1.72 bits per heavy atom. The van der Waals surface area contributed by atoms with Crippen molar-refractivity contribution in [1.82, 2.24) is 25.1 Å². The molecule has 0 saturated carbocycles. The summed E-state index contributed by atoms with van der Waals surface area (Å²) in [6.45, 7) is 8.80. The summed E-state index contributed by atoms with van der Waals surface area (Å²) in [5, 5.41) is 3.71. The summed E-state index contributed by atoms with van der Waals surface area (Å²) in [7, 11) is 1.89. The molecule has 4 rings (SSSR count). The number of ether oxygens (including phenoxy) is 1. The van der Waals surface area contributed by atoms with Crippen LogP contribution < -0.4 is 10.2 Å². The first-order valence-corrected chi connectivity index (χ1v) is 10.6. The molecule has 0 aliphatic carbocycles. The Morgan fingerprint density at radius 1 is 1.07 bits per heavy atom. The molecule has 0 spiro atoms. The highest BCUT2D eigenvalue weighted by Gasteiger charge is 2.40. The third-order valence-electron chi connectivity index (χ3n) is 6.40.